The van der Waals surface area contributed by atoms with Crippen LogP contribution in [0.5, 0.6) is 0 Å². The second-order valence-electron chi connectivity index (χ2n) is 6.02. The minimum Gasteiger partial charge on any atom is -0.348 e. The van der Waals surface area contributed by atoms with Crippen molar-refractivity contribution >= 4 is 17.5 Å². The summed E-state index contributed by atoms with van der Waals surface area (Å²) in [4.78, 5) is 20.4. The number of nitrogens with one attached hydrogen (secondary N) is 2. The van der Waals surface area contributed by atoms with E-state index in [1.165, 1.54) is 6.07 Å². The first-order valence-electron chi connectivity index (χ1n) is 8.01. The Morgan fingerprint density at radius 2 is 1.84 bits per heavy atom. The lowest BCUT2D eigenvalue weighted by atomic mass is 10.2. The number of amides is 1. The van der Waals surface area contributed by atoms with Gasteiger partial charge in [-0.25, -0.2) is 23.1 Å². The topological polar surface area (TPSA) is 66.9 Å². The van der Waals surface area contributed by atoms with Gasteiger partial charge in [0.2, 0.25) is 5.95 Å². The molecule has 0 atom stereocenters. The Morgan fingerprint density at radius 3 is 2.56 bits per heavy atom. The second kappa shape index (κ2) is 7.08. The Morgan fingerprint density at radius 1 is 1.12 bits per heavy atom. The summed E-state index contributed by atoms with van der Waals surface area (Å²) >= 11 is 0. The summed E-state index contributed by atoms with van der Waals surface area (Å²) in [7, 11) is 0. The van der Waals surface area contributed by atoms with Gasteiger partial charge in [-0.2, -0.15) is 0 Å². The van der Waals surface area contributed by atoms with Crippen molar-refractivity contribution in [3.63, 3.8) is 0 Å². The summed E-state index contributed by atoms with van der Waals surface area (Å²) < 4.78 is 40.1. The molecule has 8 heteroatoms. The molecule has 0 aliphatic heterocycles. The SMILES string of the molecule is Cc1cc(C(=O)NC2CCCC2)nc(Nc2ccc(F)c(F)c2F)n1. The van der Waals surface area contributed by atoms with Gasteiger partial charge in [-0.1, -0.05) is 12.8 Å². The quantitative estimate of drug-likeness (QED) is 0.827. The van der Waals surface area contributed by atoms with Crippen LogP contribution in [0.25, 0.3) is 0 Å². The molecule has 0 radical (unpaired) electrons. The third-order valence-corrected chi connectivity index (χ3v) is 4.06. The third-order valence-electron chi connectivity index (χ3n) is 4.06. The molecule has 0 bridgehead atoms. The van der Waals surface area contributed by atoms with E-state index in [0.717, 1.165) is 37.8 Å². The number of hydrogen-bond acceptors (Lipinski definition) is 4. The van der Waals surface area contributed by atoms with Crippen molar-refractivity contribution < 1.29 is 18.0 Å². The van der Waals surface area contributed by atoms with Crippen LogP contribution in [-0.4, -0.2) is 21.9 Å². The largest absolute Gasteiger partial charge is 0.348 e. The molecule has 1 aliphatic rings. The molecule has 0 spiro atoms. The maximum atomic E-state index is 13.8. The number of anilines is 2. The van der Waals surface area contributed by atoms with E-state index >= 15 is 0 Å². The Bertz CT molecular complexity index is 807. The maximum absolute atomic E-state index is 13.8. The smallest absolute Gasteiger partial charge is 0.270 e. The van der Waals surface area contributed by atoms with Crippen LogP contribution < -0.4 is 10.6 Å². The number of halogens is 3. The molecule has 3 rings (SSSR count). The van der Waals surface area contributed by atoms with E-state index in [9.17, 15) is 18.0 Å². The molecule has 1 aliphatic carbocycles. The Balaban J connectivity index is 1.82. The standard InChI is InChI=1S/C17H17F3N4O/c1-9-8-13(16(25)22-10-4-2-3-5-10)24-17(21-9)23-12-7-6-11(18)14(19)15(12)20/h6-8,10H,2-5H2,1H3,(H,22,25)(H,21,23,24). The average Bonchev–Trinajstić information content (AvgIpc) is 3.08. The lowest BCUT2D eigenvalue weighted by Gasteiger charge is -2.13. The van der Waals surface area contributed by atoms with Gasteiger partial charge in [0.1, 0.15) is 5.69 Å². The van der Waals surface area contributed by atoms with Gasteiger partial charge in [0.15, 0.2) is 17.5 Å². The number of aromatic nitrogens is 2. The molecule has 1 aromatic carbocycles. The summed E-state index contributed by atoms with van der Waals surface area (Å²) in [5.74, 6) is -4.66. The van der Waals surface area contributed by atoms with Gasteiger partial charge in [0, 0.05) is 11.7 Å². The molecule has 1 fully saturated rings. The van der Waals surface area contributed by atoms with Gasteiger partial charge >= 0.3 is 0 Å². The van der Waals surface area contributed by atoms with Crippen molar-refractivity contribution in [2.75, 3.05) is 5.32 Å². The van der Waals surface area contributed by atoms with Gasteiger partial charge in [0.05, 0.1) is 5.69 Å². The molecule has 1 saturated carbocycles. The molecule has 1 amide bonds. The Labute approximate surface area is 142 Å². The molecule has 1 aromatic heterocycles. The van der Waals surface area contributed by atoms with E-state index in [1.807, 2.05) is 0 Å². The maximum Gasteiger partial charge on any atom is 0.270 e. The van der Waals surface area contributed by atoms with Crippen LogP contribution in [-0.2, 0) is 0 Å². The number of carbonyl (C=O) groups excluding carboxylic acids is 1. The van der Waals surface area contributed by atoms with E-state index in [0.29, 0.717) is 5.69 Å². The first kappa shape index (κ1) is 17.2. The summed E-state index contributed by atoms with van der Waals surface area (Å²) in [6.45, 7) is 1.65. The van der Waals surface area contributed by atoms with Crippen molar-refractivity contribution in [3.8, 4) is 0 Å². The normalized spacial score (nSPS) is 14.6. The van der Waals surface area contributed by atoms with E-state index in [-0.39, 0.29) is 29.3 Å². The highest BCUT2D eigenvalue weighted by Gasteiger charge is 2.20. The predicted molar refractivity (Wildman–Crippen MR) is 86.1 cm³/mol. The van der Waals surface area contributed by atoms with Crippen LogP contribution in [0.2, 0.25) is 0 Å². The van der Waals surface area contributed by atoms with E-state index in [4.69, 9.17) is 0 Å². The summed E-state index contributed by atoms with van der Waals surface area (Å²) in [5.41, 5.74) is 0.300. The van der Waals surface area contributed by atoms with E-state index in [1.54, 1.807) is 6.92 Å². The molecule has 1 heterocycles. The summed E-state index contributed by atoms with van der Waals surface area (Å²) in [5, 5.41) is 5.39. The monoisotopic (exact) mass is 350 g/mol. The molecular weight excluding hydrogens is 333 g/mol. The van der Waals surface area contributed by atoms with Gasteiger partial charge in [-0.3, -0.25) is 4.79 Å². The fraction of sp³-hybridized carbons (Fsp3) is 0.353. The van der Waals surface area contributed by atoms with Crippen molar-refractivity contribution in [1.29, 1.82) is 0 Å². The van der Waals surface area contributed by atoms with Crippen molar-refractivity contribution in [2.24, 2.45) is 0 Å². The highest BCUT2D eigenvalue weighted by atomic mass is 19.2. The van der Waals surface area contributed by atoms with Gasteiger partial charge < -0.3 is 10.6 Å². The average molecular weight is 350 g/mol. The number of nitrogens with zero attached hydrogens (tertiary/aromatic N) is 2. The fourth-order valence-electron chi connectivity index (χ4n) is 2.81. The van der Waals surface area contributed by atoms with Crippen LogP contribution >= 0.6 is 0 Å². The number of carbonyl (C=O) groups is 1. The number of hydrogen-bond donors (Lipinski definition) is 2. The van der Waals surface area contributed by atoms with Gasteiger partial charge in [0.25, 0.3) is 5.91 Å². The molecular formula is C17H17F3N4O. The summed E-state index contributed by atoms with van der Waals surface area (Å²) in [6, 6.07) is 3.47. The Kier molecular flexibility index (Phi) is 4.87. The second-order valence-corrected chi connectivity index (χ2v) is 6.02. The van der Waals surface area contributed by atoms with Crippen LogP contribution in [0.1, 0.15) is 41.9 Å². The minimum atomic E-state index is -1.59. The van der Waals surface area contributed by atoms with Gasteiger partial charge in [-0.05, 0) is 38.0 Å². The zero-order valence-electron chi connectivity index (χ0n) is 13.6. The van der Waals surface area contributed by atoms with Crippen molar-refractivity contribution in [3.05, 3.63) is 47.0 Å². The zero-order valence-corrected chi connectivity index (χ0v) is 13.6. The lowest BCUT2D eigenvalue weighted by Crippen LogP contribution is -2.33. The molecule has 25 heavy (non-hydrogen) atoms. The molecule has 0 saturated heterocycles. The van der Waals surface area contributed by atoms with Crippen LogP contribution in [0, 0.1) is 24.4 Å². The predicted octanol–water partition coefficient (Wildman–Crippen LogP) is 3.62. The van der Waals surface area contributed by atoms with Gasteiger partial charge in [-0.15, -0.1) is 0 Å². The fourth-order valence-corrected chi connectivity index (χ4v) is 2.81. The lowest BCUT2D eigenvalue weighted by molar-refractivity contribution is 0.0932. The molecule has 2 N–H and O–H groups in total. The zero-order chi connectivity index (χ0) is 18.0. The first-order chi connectivity index (χ1) is 11.9. The number of benzene rings is 1. The van der Waals surface area contributed by atoms with Crippen LogP contribution in [0.3, 0.4) is 0 Å². The van der Waals surface area contributed by atoms with E-state index in [2.05, 4.69) is 20.6 Å². The highest BCUT2D eigenvalue weighted by molar-refractivity contribution is 5.92. The summed E-state index contributed by atoms with van der Waals surface area (Å²) in [6.07, 6.45) is 4.02. The number of rotatable bonds is 4. The minimum absolute atomic E-state index is 0.0681. The number of aryl methyl sites for hydroxylation is 1. The molecule has 132 valence electrons. The van der Waals surface area contributed by atoms with E-state index < -0.39 is 17.5 Å². The third kappa shape index (κ3) is 3.89. The first-order valence-corrected chi connectivity index (χ1v) is 8.01. The van der Waals surface area contributed by atoms with Crippen molar-refractivity contribution in [1.82, 2.24) is 15.3 Å². The Hall–Kier alpha value is -2.64. The molecule has 2 aromatic rings. The highest BCUT2D eigenvalue weighted by Crippen LogP contribution is 2.22. The van der Waals surface area contributed by atoms with Crippen LogP contribution in [0.4, 0.5) is 24.8 Å². The van der Waals surface area contributed by atoms with Crippen LogP contribution in [0.15, 0.2) is 18.2 Å². The molecule has 0 unspecified atom stereocenters. The van der Waals surface area contributed by atoms with Crippen molar-refractivity contribution in [2.45, 2.75) is 38.6 Å². The molecule has 5 nitrogen and oxygen atoms in total.